The molecular formula is C21H23NO5. The van der Waals surface area contributed by atoms with E-state index in [1.165, 1.54) is 0 Å². The molecule has 0 fully saturated rings. The fourth-order valence-corrected chi connectivity index (χ4v) is 3.21. The molecule has 0 saturated carbocycles. The first kappa shape index (κ1) is 18.6. The van der Waals surface area contributed by atoms with Crippen molar-refractivity contribution in [3.05, 3.63) is 53.7 Å². The number of aromatic amines is 1. The number of hydrogen-bond donors (Lipinski definition) is 1. The van der Waals surface area contributed by atoms with Gasteiger partial charge in [0.2, 0.25) is 0 Å². The van der Waals surface area contributed by atoms with Gasteiger partial charge in [-0.1, -0.05) is 6.07 Å². The van der Waals surface area contributed by atoms with Gasteiger partial charge in [0.25, 0.3) is 0 Å². The predicted octanol–water partition coefficient (Wildman–Crippen LogP) is 3.89. The Kier molecular flexibility index (Phi) is 5.54. The molecular weight excluding hydrogens is 346 g/mol. The quantitative estimate of drug-likeness (QED) is 0.640. The molecule has 0 aliphatic heterocycles. The molecule has 0 radical (unpaired) electrons. The SMILES string of the molecule is CCOC(=O)C(c1ccc2[nH]ccc2c1)c1c(OC)cc(OC)cc1OC. The molecule has 0 aliphatic carbocycles. The van der Waals surface area contributed by atoms with Gasteiger partial charge in [0.15, 0.2) is 0 Å². The van der Waals surface area contributed by atoms with E-state index in [0.717, 1.165) is 16.5 Å². The van der Waals surface area contributed by atoms with Gasteiger partial charge in [-0.15, -0.1) is 0 Å². The van der Waals surface area contributed by atoms with E-state index in [-0.39, 0.29) is 12.6 Å². The van der Waals surface area contributed by atoms with Crippen LogP contribution in [0.4, 0.5) is 0 Å². The van der Waals surface area contributed by atoms with Crippen LogP contribution in [-0.4, -0.2) is 38.9 Å². The minimum Gasteiger partial charge on any atom is -0.496 e. The van der Waals surface area contributed by atoms with Gasteiger partial charge in [-0.2, -0.15) is 0 Å². The van der Waals surface area contributed by atoms with Gasteiger partial charge < -0.3 is 23.9 Å². The molecule has 1 atom stereocenters. The van der Waals surface area contributed by atoms with E-state index in [4.69, 9.17) is 18.9 Å². The molecule has 142 valence electrons. The lowest BCUT2D eigenvalue weighted by Crippen LogP contribution is -2.19. The van der Waals surface area contributed by atoms with Crippen molar-refractivity contribution >= 4 is 16.9 Å². The number of nitrogens with one attached hydrogen (secondary N) is 1. The third kappa shape index (κ3) is 3.56. The summed E-state index contributed by atoms with van der Waals surface area (Å²) in [6.45, 7) is 2.06. The fraction of sp³-hybridized carbons (Fsp3) is 0.286. The lowest BCUT2D eigenvalue weighted by molar-refractivity contribution is -0.143. The maximum atomic E-state index is 12.9. The molecule has 27 heavy (non-hydrogen) atoms. The zero-order chi connectivity index (χ0) is 19.4. The van der Waals surface area contributed by atoms with Crippen molar-refractivity contribution in [2.24, 2.45) is 0 Å². The zero-order valence-corrected chi connectivity index (χ0v) is 15.9. The number of methoxy groups -OCH3 is 3. The number of benzene rings is 2. The van der Waals surface area contributed by atoms with Crippen LogP contribution in [0.5, 0.6) is 17.2 Å². The van der Waals surface area contributed by atoms with Crippen LogP contribution < -0.4 is 14.2 Å². The van der Waals surface area contributed by atoms with Crippen LogP contribution >= 0.6 is 0 Å². The van der Waals surface area contributed by atoms with Crippen molar-refractivity contribution in [1.82, 2.24) is 4.98 Å². The smallest absolute Gasteiger partial charge is 0.318 e. The summed E-state index contributed by atoms with van der Waals surface area (Å²) in [6, 6.07) is 11.3. The Balaban J connectivity index is 2.23. The Bertz CT molecular complexity index is 922. The molecule has 0 spiro atoms. The summed E-state index contributed by atoms with van der Waals surface area (Å²) >= 11 is 0. The number of fused-ring (bicyclic) bond motifs is 1. The Labute approximate surface area is 158 Å². The van der Waals surface area contributed by atoms with Gasteiger partial charge in [0.05, 0.1) is 33.5 Å². The van der Waals surface area contributed by atoms with Crippen LogP contribution in [0.2, 0.25) is 0 Å². The molecule has 2 aromatic carbocycles. The first-order valence-corrected chi connectivity index (χ1v) is 8.66. The predicted molar refractivity (Wildman–Crippen MR) is 103 cm³/mol. The third-order valence-corrected chi connectivity index (χ3v) is 4.47. The van der Waals surface area contributed by atoms with Crippen LogP contribution in [0.1, 0.15) is 24.0 Å². The second-order valence-corrected chi connectivity index (χ2v) is 5.96. The first-order chi connectivity index (χ1) is 13.1. The van der Waals surface area contributed by atoms with Gasteiger partial charge in [-0.25, -0.2) is 0 Å². The molecule has 1 aromatic heterocycles. The number of rotatable bonds is 7. The van der Waals surface area contributed by atoms with Gasteiger partial charge in [0.1, 0.15) is 23.2 Å². The van der Waals surface area contributed by atoms with E-state index in [2.05, 4.69) is 4.98 Å². The average molecular weight is 369 g/mol. The second kappa shape index (κ2) is 8.03. The molecule has 1 N–H and O–H groups in total. The van der Waals surface area contributed by atoms with E-state index < -0.39 is 5.92 Å². The summed E-state index contributed by atoms with van der Waals surface area (Å²) in [7, 11) is 4.67. The van der Waals surface area contributed by atoms with Crippen molar-refractivity contribution in [2.45, 2.75) is 12.8 Å². The van der Waals surface area contributed by atoms with E-state index in [0.29, 0.717) is 22.8 Å². The summed E-state index contributed by atoms with van der Waals surface area (Å²) in [5.41, 5.74) is 2.39. The van der Waals surface area contributed by atoms with Gasteiger partial charge in [0, 0.05) is 23.8 Å². The number of esters is 1. The number of carbonyl (C=O) groups is 1. The van der Waals surface area contributed by atoms with E-state index in [1.54, 1.807) is 40.4 Å². The Morgan fingerprint density at radius 1 is 1.00 bits per heavy atom. The molecule has 0 amide bonds. The Morgan fingerprint density at radius 2 is 1.70 bits per heavy atom. The highest BCUT2D eigenvalue weighted by molar-refractivity contribution is 5.88. The largest absolute Gasteiger partial charge is 0.496 e. The van der Waals surface area contributed by atoms with Gasteiger partial charge >= 0.3 is 5.97 Å². The fourth-order valence-electron chi connectivity index (χ4n) is 3.21. The number of ether oxygens (including phenoxy) is 4. The number of carbonyl (C=O) groups excluding carboxylic acids is 1. The topological polar surface area (TPSA) is 69.8 Å². The standard InChI is InChI=1S/C21H23NO5/c1-5-27-21(23)19(14-6-7-16-13(10-14)8-9-22-16)20-17(25-3)11-15(24-2)12-18(20)26-4/h6-12,19,22H,5H2,1-4H3. The number of H-pyrrole nitrogens is 1. The lowest BCUT2D eigenvalue weighted by Gasteiger charge is -2.22. The Morgan fingerprint density at radius 3 is 2.30 bits per heavy atom. The van der Waals surface area contributed by atoms with E-state index in [9.17, 15) is 4.79 Å². The Hall–Kier alpha value is -3.15. The van der Waals surface area contributed by atoms with Crippen LogP contribution in [-0.2, 0) is 9.53 Å². The van der Waals surface area contributed by atoms with Crippen LogP contribution in [0.25, 0.3) is 10.9 Å². The minimum absolute atomic E-state index is 0.280. The number of aromatic nitrogens is 1. The summed E-state index contributed by atoms with van der Waals surface area (Å²) in [4.78, 5) is 16.1. The van der Waals surface area contributed by atoms with Crippen molar-refractivity contribution in [3.8, 4) is 17.2 Å². The van der Waals surface area contributed by atoms with Crippen molar-refractivity contribution in [3.63, 3.8) is 0 Å². The van der Waals surface area contributed by atoms with Crippen molar-refractivity contribution in [1.29, 1.82) is 0 Å². The molecule has 3 rings (SSSR count). The zero-order valence-electron chi connectivity index (χ0n) is 15.9. The van der Waals surface area contributed by atoms with Crippen molar-refractivity contribution in [2.75, 3.05) is 27.9 Å². The summed E-state index contributed by atoms with van der Waals surface area (Å²) in [5, 5.41) is 1.01. The molecule has 6 nitrogen and oxygen atoms in total. The van der Waals surface area contributed by atoms with Gasteiger partial charge in [-0.3, -0.25) is 4.79 Å². The molecule has 1 unspecified atom stereocenters. The maximum Gasteiger partial charge on any atom is 0.318 e. The molecule has 0 aliphatic rings. The second-order valence-electron chi connectivity index (χ2n) is 5.96. The molecule has 0 saturated heterocycles. The maximum absolute atomic E-state index is 12.9. The van der Waals surface area contributed by atoms with E-state index >= 15 is 0 Å². The molecule has 1 heterocycles. The van der Waals surface area contributed by atoms with Crippen LogP contribution in [0, 0.1) is 0 Å². The monoisotopic (exact) mass is 369 g/mol. The normalized spacial score (nSPS) is 11.9. The molecule has 6 heteroatoms. The lowest BCUT2D eigenvalue weighted by atomic mass is 9.89. The summed E-state index contributed by atoms with van der Waals surface area (Å²) in [6.07, 6.45) is 1.86. The number of hydrogen-bond acceptors (Lipinski definition) is 5. The minimum atomic E-state index is -0.694. The van der Waals surface area contributed by atoms with Crippen LogP contribution in [0.15, 0.2) is 42.6 Å². The highest BCUT2D eigenvalue weighted by Gasteiger charge is 2.31. The van der Waals surface area contributed by atoms with Gasteiger partial charge in [-0.05, 0) is 36.1 Å². The average Bonchev–Trinajstić information content (AvgIpc) is 3.16. The van der Waals surface area contributed by atoms with Crippen LogP contribution in [0.3, 0.4) is 0 Å². The first-order valence-electron chi connectivity index (χ1n) is 8.66. The summed E-state index contributed by atoms with van der Waals surface area (Å²) in [5.74, 6) is 0.516. The highest BCUT2D eigenvalue weighted by atomic mass is 16.5. The summed E-state index contributed by atoms with van der Waals surface area (Å²) < 4.78 is 21.8. The van der Waals surface area contributed by atoms with E-state index in [1.807, 2.05) is 30.5 Å². The molecule has 3 aromatic rings. The third-order valence-electron chi connectivity index (χ3n) is 4.47. The highest BCUT2D eigenvalue weighted by Crippen LogP contribution is 2.43. The van der Waals surface area contributed by atoms with Crippen molar-refractivity contribution < 1.29 is 23.7 Å². The molecule has 0 bridgehead atoms.